The van der Waals surface area contributed by atoms with Crippen molar-refractivity contribution >= 4 is 11.4 Å². The molecule has 0 saturated carbocycles. The Balaban J connectivity index is 0.000000171. The van der Waals surface area contributed by atoms with Crippen molar-refractivity contribution in [2.75, 3.05) is 57.1 Å². The molecule has 2 aliphatic rings. The average Bonchev–Trinajstić information content (AvgIpc) is 3.09. The standard InChI is InChI=1S/C18H22N2O2.C18H22N2O/c1-21-17-8-2-14(3-9-17)12-20-16-6-4-15(5-7-16)18-13-19-10-11-22-18;1-14-2-4-15(5-3-14)12-20-17-8-6-16(7-9-17)18-13-19-10-11-21-18/h2-9,18-20H,10-13H2,1H3;2-9,18-20H,10-13H2,1H3/t2*18-/m11/s1. The third-order valence-electron chi connectivity index (χ3n) is 7.69. The van der Waals surface area contributed by atoms with Crippen LogP contribution in [0.1, 0.15) is 40.0 Å². The highest BCUT2D eigenvalue weighted by atomic mass is 16.5. The lowest BCUT2D eigenvalue weighted by molar-refractivity contribution is 0.0276. The third-order valence-corrected chi connectivity index (χ3v) is 7.69. The molecule has 0 bridgehead atoms. The maximum Gasteiger partial charge on any atom is 0.118 e. The second-order valence-corrected chi connectivity index (χ2v) is 10.9. The Bertz CT molecular complexity index is 1350. The molecule has 226 valence electrons. The highest BCUT2D eigenvalue weighted by molar-refractivity contribution is 5.47. The number of aryl methyl sites for hydroxylation is 1. The lowest BCUT2D eigenvalue weighted by Crippen LogP contribution is -2.33. The number of hydrogen-bond acceptors (Lipinski definition) is 7. The first-order valence-electron chi connectivity index (χ1n) is 15.2. The number of rotatable bonds is 9. The molecule has 2 fully saturated rings. The van der Waals surface area contributed by atoms with E-state index < -0.39 is 0 Å². The maximum absolute atomic E-state index is 5.76. The van der Waals surface area contributed by atoms with Crippen LogP contribution in [0.5, 0.6) is 5.75 Å². The van der Waals surface area contributed by atoms with Crippen molar-refractivity contribution in [3.8, 4) is 5.75 Å². The minimum atomic E-state index is 0.171. The molecular weight excluding hydrogens is 536 g/mol. The van der Waals surface area contributed by atoms with Crippen molar-refractivity contribution in [2.24, 2.45) is 0 Å². The fourth-order valence-corrected chi connectivity index (χ4v) is 5.05. The average molecular weight is 581 g/mol. The molecule has 0 aromatic heterocycles. The van der Waals surface area contributed by atoms with Crippen LogP contribution in [0.4, 0.5) is 11.4 Å². The number of nitrogens with one attached hydrogen (secondary N) is 4. The van der Waals surface area contributed by atoms with Crippen LogP contribution in [0.2, 0.25) is 0 Å². The summed E-state index contributed by atoms with van der Waals surface area (Å²) in [7, 11) is 1.68. The minimum absolute atomic E-state index is 0.171. The molecule has 7 nitrogen and oxygen atoms in total. The molecule has 2 aliphatic heterocycles. The van der Waals surface area contributed by atoms with Crippen LogP contribution in [0.25, 0.3) is 0 Å². The van der Waals surface area contributed by atoms with Crippen molar-refractivity contribution in [1.82, 2.24) is 10.6 Å². The van der Waals surface area contributed by atoms with E-state index in [2.05, 4.69) is 113 Å². The molecule has 0 unspecified atom stereocenters. The first kappa shape index (κ1) is 30.6. The molecule has 2 saturated heterocycles. The molecule has 2 heterocycles. The molecular formula is C36H44N4O3. The summed E-state index contributed by atoms with van der Waals surface area (Å²) in [6.45, 7) is 9.00. The highest BCUT2D eigenvalue weighted by Gasteiger charge is 2.16. The van der Waals surface area contributed by atoms with Crippen LogP contribution in [0.3, 0.4) is 0 Å². The van der Waals surface area contributed by atoms with Gasteiger partial charge in [0.15, 0.2) is 0 Å². The summed E-state index contributed by atoms with van der Waals surface area (Å²) in [4.78, 5) is 0. The molecule has 0 spiro atoms. The van der Waals surface area contributed by atoms with E-state index in [9.17, 15) is 0 Å². The largest absolute Gasteiger partial charge is 0.497 e. The lowest BCUT2D eigenvalue weighted by atomic mass is 10.1. The summed E-state index contributed by atoms with van der Waals surface area (Å²) >= 11 is 0. The topological polar surface area (TPSA) is 75.8 Å². The Morgan fingerprint density at radius 3 is 1.47 bits per heavy atom. The second kappa shape index (κ2) is 16.1. The molecule has 4 aromatic carbocycles. The molecule has 7 heteroatoms. The lowest BCUT2D eigenvalue weighted by Gasteiger charge is -2.24. The van der Waals surface area contributed by atoms with Gasteiger partial charge in [-0.25, -0.2) is 0 Å². The normalized spacial score (nSPS) is 18.2. The summed E-state index contributed by atoms with van der Waals surface area (Å²) in [6, 6.07) is 33.8. The van der Waals surface area contributed by atoms with Crippen LogP contribution < -0.4 is 26.0 Å². The summed E-state index contributed by atoms with van der Waals surface area (Å²) < 4.78 is 16.7. The fourth-order valence-electron chi connectivity index (χ4n) is 5.05. The molecule has 0 amide bonds. The molecule has 2 atom stereocenters. The van der Waals surface area contributed by atoms with Gasteiger partial charge in [0.05, 0.1) is 32.5 Å². The monoisotopic (exact) mass is 580 g/mol. The Morgan fingerprint density at radius 1 is 0.628 bits per heavy atom. The summed E-state index contributed by atoms with van der Waals surface area (Å²) in [5, 5.41) is 13.6. The van der Waals surface area contributed by atoms with Gasteiger partial charge in [-0.2, -0.15) is 0 Å². The van der Waals surface area contributed by atoms with E-state index in [1.165, 1.54) is 27.8 Å². The smallest absolute Gasteiger partial charge is 0.118 e. The molecule has 0 radical (unpaired) electrons. The summed E-state index contributed by atoms with van der Waals surface area (Å²) in [5.41, 5.74) is 8.54. The van der Waals surface area contributed by atoms with Crippen LogP contribution in [0.15, 0.2) is 97.1 Å². The van der Waals surface area contributed by atoms with Crippen LogP contribution in [-0.4, -0.2) is 46.5 Å². The van der Waals surface area contributed by atoms with Gasteiger partial charge in [-0.05, 0) is 65.6 Å². The Hall–Kier alpha value is -3.88. The van der Waals surface area contributed by atoms with Gasteiger partial charge in [0.1, 0.15) is 5.75 Å². The van der Waals surface area contributed by atoms with Crippen LogP contribution >= 0.6 is 0 Å². The minimum Gasteiger partial charge on any atom is -0.497 e. The van der Waals surface area contributed by atoms with E-state index >= 15 is 0 Å². The van der Waals surface area contributed by atoms with Crippen molar-refractivity contribution in [3.63, 3.8) is 0 Å². The second-order valence-electron chi connectivity index (χ2n) is 10.9. The number of anilines is 2. The zero-order valence-corrected chi connectivity index (χ0v) is 25.3. The van der Waals surface area contributed by atoms with Crippen LogP contribution in [-0.2, 0) is 22.6 Å². The van der Waals surface area contributed by atoms with Crippen molar-refractivity contribution < 1.29 is 14.2 Å². The molecule has 6 rings (SSSR count). The van der Waals surface area contributed by atoms with Crippen molar-refractivity contribution in [1.29, 1.82) is 0 Å². The van der Waals surface area contributed by atoms with Crippen LogP contribution in [0, 0.1) is 6.92 Å². The van der Waals surface area contributed by atoms with Gasteiger partial charge in [-0.15, -0.1) is 0 Å². The fraction of sp³-hybridized carbons (Fsp3) is 0.333. The first-order valence-corrected chi connectivity index (χ1v) is 15.2. The number of ether oxygens (including phenoxy) is 3. The van der Waals surface area contributed by atoms with Crippen molar-refractivity contribution in [2.45, 2.75) is 32.2 Å². The number of benzene rings is 4. The highest BCUT2D eigenvalue weighted by Crippen LogP contribution is 2.22. The number of methoxy groups -OCH3 is 1. The van der Waals surface area contributed by atoms with E-state index in [-0.39, 0.29) is 12.2 Å². The van der Waals surface area contributed by atoms with Gasteiger partial charge in [0.2, 0.25) is 0 Å². The molecule has 0 aliphatic carbocycles. The maximum atomic E-state index is 5.76. The molecule has 4 N–H and O–H groups in total. The van der Waals surface area contributed by atoms with E-state index in [1.807, 2.05) is 12.1 Å². The zero-order chi connectivity index (χ0) is 29.7. The van der Waals surface area contributed by atoms with Crippen molar-refractivity contribution in [3.05, 3.63) is 125 Å². The Labute approximate surface area is 256 Å². The van der Waals surface area contributed by atoms with E-state index in [0.29, 0.717) is 0 Å². The van der Waals surface area contributed by atoms with E-state index in [1.54, 1.807) is 7.11 Å². The van der Waals surface area contributed by atoms with Gasteiger partial charge in [0, 0.05) is 50.6 Å². The van der Waals surface area contributed by atoms with Gasteiger partial charge < -0.3 is 35.5 Å². The number of morpholine rings is 2. The predicted octanol–water partition coefficient (Wildman–Crippen LogP) is 6.24. The van der Waals surface area contributed by atoms with Gasteiger partial charge in [-0.1, -0.05) is 66.2 Å². The summed E-state index contributed by atoms with van der Waals surface area (Å²) in [6.07, 6.45) is 0.356. The quantitative estimate of drug-likeness (QED) is 0.187. The van der Waals surface area contributed by atoms with E-state index in [4.69, 9.17) is 14.2 Å². The van der Waals surface area contributed by atoms with Gasteiger partial charge >= 0.3 is 0 Å². The summed E-state index contributed by atoms with van der Waals surface area (Å²) in [5.74, 6) is 0.884. The Morgan fingerprint density at radius 2 is 1.07 bits per heavy atom. The first-order chi connectivity index (χ1) is 21.2. The molecule has 43 heavy (non-hydrogen) atoms. The predicted molar refractivity (Wildman–Crippen MR) is 175 cm³/mol. The van der Waals surface area contributed by atoms with Gasteiger partial charge in [-0.3, -0.25) is 0 Å². The molecule has 4 aromatic rings. The number of hydrogen-bond donors (Lipinski definition) is 4. The van der Waals surface area contributed by atoms with Gasteiger partial charge in [0.25, 0.3) is 0 Å². The SMILES string of the molecule is COc1ccc(CNc2ccc([C@H]3CNCCO3)cc2)cc1.Cc1ccc(CNc2ccc([C@H]3CNCCO3)cc2)cc1. The van der Waals surface area contributed by atoms with E-state index in [0.717, 1.165) is 69.6 Å². The zero-order valence-electron chi connectivity index (χ0n) is 25.3. The Kier molecular flexibility index (Phi) is 11.4. The third kappa shape index (κ3) is 9.56.